The van der Waals surface area contributed by atoms with Gasteiger partial charge in [0.05, 0.1) is 30.9 Å². The van der Waals surface area contributed by atoms with E-state index in [9.17, 15) is 14.9 Å². The first-order valence-electron chi connectivity index (χ1n) is 6.03. The summed E-state index contributed by atoms with van der Waals surface area (Å²) in [5, 5.41) is 11.1. The number of nitro groups is 1. The number of morpholine rings is 1. The number of nitrogen functional groups attached to an aromatic ring is 1. The van der Waals surface area contributed by atoms with Gasteiger partial charge in [0.2, 0.25) is 0 Å². The Labute approximate surface area is 115 Å². The fraction of sp³-hybridized carbons (Fsp3) is 0.417. The lowest BCUT2D eigenvalue weighted by Gasteiger charge is -2.26. The van der Waals surface area contributed by atoms with E-state index in [1.807, 2.05) is 0 Å². The van der Waals surface area contributed by atoms with Crippen molar-refractivity contribution in [2.45, 2.75) is 0 Å². The third-order valence-electron chi connectivity index (χ3n) is 3.07. The second kappa shape index (κ2) is 5.74. The molecule has 1 aromatic rings. The van der Waals surface area contributed by atoms with Gasteiger partial charge >= 0.3 is 0 Å². The molecule has 1 fully saturated rings. The van der Waals surface area contributed by atoms with Crippen molar-refractivity contribution in [3.05, 3.63) is 27.8 Å². The molecule has 1 amide bonds. The Kier molecular flexibility index (Phi) is 4.04. The first-order chi connectivity index (χ1) is 9.54. The molecule has 8 nitrogen and oxygen atoms in total. The SMILES string of the molecule is COc1cc(C(=O)N2CCOCC2)c([N+](=O)[O-])cc1N. The van der Waals surface area contributed by atoms with E-state index in [2.05, 4.69) is 0 Å². The van der Waals surface area contributed by atoms with Crippen LogP contribution in [0, 0.1) is 10.1 Å². The molecule has 0 aliphatic carbocycles. The minimum Gasteiger partial charge on any atom is -0.495 e. The van der Waals surface area contributed by atoms with Crippen LogP contribution in [0.3, 0.4) is 0 Å². The lowest BCUT2D eigenvalue weighted by Crippen LogP contribution is -2.40. The molecule has 1 aliphatic rings. The zero-order chi connectivity index (χ0) is 14.7. The van der Waals surface area contributed by atoms with Gasteiger partial charge in [-0.25, -0.2) is 0 Å². The number of benzene rings is 1. The molecule has 108 valence electrons. The Morgan fingerprint density at radius 2 is 2.10 bits per heavy atom. The second-order valence-electron chi connectivity index (χ2n) is 4.27. The molecular formula is C12H15N3O5. The first-order valence-corrected chi connectivity index (χ1v) is 6.03. The van der Waals surface area contributed by atoms with Gasteiger partial charge in [-0.1, -0.05) is 0 Å². The van der Waals surface area contributed by atoms with Gasteiger partial charge in [-0.15, -0.1) is 0 Å². The zero-order valence-electron chi connectivity index (χ0n) is 11.0. The average Bonchev–Trinajstić information content (AvgIpc) is 2.47. The van der Waals surface area contributed by atoms with E-state index in [0.29, 0.717) is 26.3 Å². The number of carbonyl (C=O) groups is 1. The number of hydrogen-bond donors (Lipinski definition) is 1. The maximum Gasteiger partial charge on any atom is 0.284 e. The number of rotatable bonds is 3. The summed E-state index contributed by atoms with van der Waals surface area (Å²) in [6.45, 7) is 1.66. The van der Waals surface area contributed by atoms with Crippen molar-refractivity contribution in [1.29, 1.82) is 0 Å². The number of nitrogens with zero attached hydrogens (tertiary/aromatic N) is 2. The van der Waals surface area contributed by atoms with Gasteiger partial charge in [-0.3, -0.25) is 14.9 Å². The second-order valence-corrected chi connectivity index (χ2v) is 4.27. The third kappa shape index (κ3) is 2.64. The normalized spacial score (nSPS) is 14.9. The molecule has 2 rings (SSSR count). The van der Waals surface area contributed by atoms with Crippen molar-refractivity contribution in [2.24, 2.45) is 0 Å². The molecule has 0 spiro atoms. The fourth-order valence-electron chi connectivity index (χ4n) is 2.02. The number of hydrogen-bond acceptors (Lipinski definition) is 6. The summed E-state index contributed by atoms with van der Waals surface area (Å²) in [7, 11) is 1.39. The molecular weight excluding hydrogens is 266 g/mol. The number of amides is 1. The Morgan fingerprint density at radius 3 is 2.65 bits per heavy atom. The van der Waals surface area contributed by atoms with Crippen LogP contribution < -0.4 is 10.5 Å². The number of methoxy groups -OCH3 is 1. The number of ether oxygens (including phenoxy) is 2. The largest absolute Gasteiger partial charge is 0.495 e. The van der Waals surface area contributed by atoms with E-state index >= 15 is 0 Å². The van der Waals surface area contributed by atoms with Gasteiger partial charge in [0.15, 0.2) is 0 Å². The Bertz CT molecular complexity index is 540. The van der Waals surface area contributed by atoms with Crippen LogP contribution in [0.2, 0.25) is 0 Å². The molecule has 0 saturated carbocycles. The third-order valence-corrected chi connectivity index (χ3v) is 3.07. The van der Waals surface area contributed by atoms with Crippen LogP contribution >= 0.6 is 0 Å². The van der Waals surface area contributed by atoms with Crippen molar-refractivity contribution >= 4 is 17.3 Å². The zero-order valence-corrected chi connectivity index (χ0v) is 11.0. The average molecular weight is 281 g/mol. The lowest BCUT2D eigenvalue weighted by molar-refractivity contribution is -0.385. The highest BCUT2D eigenvalue weighted by molar-refractivity contribution is 5.99. The minimum absolute atomic E-state index is 0.0250. The molecule has 1 aromatic carbocycles. The predicted octanol–water partition coefficient (Wildman–Crippen LogP) is 0.658. The summed E-state index contributed by atoms with van der Waals surface area (Å²) in [4.78, 5) is 24.3. The summed E-state index contributed by atoms with van der Waals surface area (Å²) in [6.07, 6.45) is 0. The van der Waals surface area contributed by atoms with E-state index in [4.69, 9.17) is 15.2 Å². The molecule has 0 bridgehead atoms. The number of carbonyl (C=O) groups excluding carboxylic acids is 1. The topological polar surface area (TPSA) is 108 Å². The molecule has 8 heteroatoms. The monoisotopic (exact) mass is 281 g/mol. The standard InChI is InChI=1S/C12H15N3O5/c1-19-11-6-8(10(15(17)18)7-9(11)13)12(16)14-2-4-20-5-3-14/h6-7H,2-5,13H2,1H3. The summed E-state index contributed by atoms with van der Waals surface area (Å²) >= 11 is 0. The lowest BCUT2D eigenvalue weighted by atomic mass is 10.1. The first kappa shape index (κ1) is 14.1. The maximum atomic E-state index is 12.4. The smallest absolute Gasteiger partial charge is 0.284 e. The summed E-state index contributed by atoms with van der Waals surface area (Å²) in [5.41, 5.74) is 5.42. The summed E-state index contributed by atoms with van der Waals surface area (Å²) < 4.78 is 10.2. The molecule has 20 heavy (non-hydrogen) atoms. The molecule has 0 unspecified atom stereocenters. The van der Waals surface area contributed by atoms with Gasteiger partial charge in [0, 0.05) is 25.2 Å². The van der Waals surface area contributed by atoms with Crippen LogP contribution in [0.15, 0.2) is 12.1 Å². The van der Waals surface area contributed by atoms with Crippen LogP contribution in [0.25, 0.3) is 0 Å². The summed E-state index contributed by atoms with van der Waals surface area (Å²) in [6, 6.07) is 2.46. The van der Waals surface area contributed by atoms with Gasteiger partial charge in [0.25, 0.3) is 11.6 Å². The molecule has 1 heterocycles. The van der Waals surface area contributed by atoms with Crippen molar-refractivity contribution < 1.29 is 19.2 Å². The van der Waals surface area contributed by atoms with Crippen molar-refractivity contribution in [3.63, 3.8) is 0 Å². The van der Waals surface area contributed by atoms with Crippen molar-refractivity contribution in [3.8, 4) is 5.75 Å². The molecule has 1 saturated heterocycles. The molecule has 0 atom stereocenters. The van der Waals surface area contributed by atoms with Crippen molar-refractivity contribution in [1.82, 2.24) is 4.90 Å². The highest BCUT2D eigenvalue weighted by Gasteiger charge is 2.27. The van der Waals surface area contributed by atoms with Crippen LogP contribution in [0.1, 0.15) is 10.4 Å². The Balaban J connectivity index is 2.42. The van der Waals surface area contributed by atoms with Crippen LogP contribution in [-0.4, -0.2) is 49.1 Å². The number of anilines is 1. The molecule has 0 radical (unpaired) electrons. The van der Waals surface area contributed by atoms with E-state index < -0.39 is 10.8 Å². The van der Waals surface area contributed by atoms with Gasteiger partial charge in [-0.2, -0.15) is 0 Å². The Hall–Kier alpha value is -2.35. The molecule has 1 aliphatic heterocycles. The van der Waals surface area contributed by atoms with E-state index in [-0.39, 0.29) is 22.7 Å². The van der Waals surface area contributed by atoms with Gasteiger partial charge in [-0.05, 0) is 0 Å². The maximum absolute atomic E-state index is 12.4. The molecule has 0 aromatic heterocycles. The van der Waals surface area contributed by atoms with E-state index in [0.717, 1.165) is 6.07 Å². The van der Waals surface area contributed by atoms with Gasteiger partial charge < -0.3 is 20.1 Å². The minimum atomic E-state index is -0.622. The fourth-order valence-corrected chi connectivity index (χ4v) is 2.02. The van der Waals surface area contributed by atoms with Crippen LogP contribution in [0.5, 0.6) is 5.75 Å². The van der Waals surface area contributed by atoms with Gasteiger partial charge in [0.1, 0.15) is 11.3 Å². The highest BCUT2D eigenvalue weighted by atomic mass is 16.6. The predicted molar refractivity (Wildman–Crippen MR) is 70.8 cm³/mol. The highest BCUT2D eigenvalue weighted by Crippen LogP contribution is 2.31. The molecule has 2 N–H and O–H groups in total. The quantitative estimate of drug-likeness (QED) is 0.495. The van der Waals surface area contributed by atoms with Crippen LogP contribution in [0.4, 0.5) is 11.4 Å². The number of nitrogens with two attached hydrogens (primary N) is 1. The Morgan fingerprint density at radius 1 is 1.45 bits per heavy atom. The van der Waals surface area contributed by atoms with E-state index in [1.54, 1.807) is 0 Å². The number of nitro benzene ring substituents is 1. The van der Waals surface area contributed by atoms with E-state index in [1.165, 1.54) is 18.1 Å². The summed E-state index contributed by atoms with van der Waals surface area (Å²) in [5.74, 6) is -0.175. The van der Waals surface area contributed by atoms with Crippen LogP contribution in [-0.2, 0) is 4.74 Å². The van der Waals surface area contributed by atoms with Crippen molar-refractivity contribution in [2.75, 3.05) is 39.1 Å².